The molecule has 0 N–H and O–H groups in total. The fourth-order valence-electron chi connectivity index (χ4n) is 2.89. The van der Waals surface area contributed by atoms with Crippen molar-refractivity contribution >= 4 is 29.1 Å². The fraction of sp³-hybridized carbons (Fsp3) is 0.350. The Morgan fingerprint density at radius 3 is 2.12 bits per heavy atom. The third-order valence-corrected chi connectivity index (χ3v) is 4.64. The van der Waals surface area contributed by atoms with Gasteiger partial charge in [-0.05, 0) is 26.3 Å². The van der Waals surface area contributed by atoms with E-state index in [0.29, 0.717) is 36.2 Å². The average molecular weight is 360 g/mol. The third-order valence-electron chi connectivity index (χ3n) is 4.26. The average Bonchev–Trinajstić information content (AvgIpc) is 2.63. The molecule has 0 fully saturated rings. The number of rotatable bonds is 6. The van der Waals surface area contributed by atoms with Gasteiger partial charge in [-0.3, -0.25) is 14.4 Å². The first-order valence-electron chi connectivity index (χ1n) is 8.54. The molecule has 1 amide bonds. The molecule has 5 heteroatoms. The summed E-state index contributed by atoms with van der Waals surface area (Å²) in [4.78, 5) is 39.6. The van der Waals surface area contributed by atoms with Crippen LogP contribution in [-0.2, 0) is 4.79 Å². The van der Waals surface area contributed by atoms with E-state index >= 15 is 0 Å². The molecule has 132 valence electrons. The minimum Gasteiger partial charge on any atom is -0.339 e. The molecule has 1 aliphatic rings. The van der Waals surface area contributed by atoms with E-state index in [1.807, 2.05) is 20.8 Å². The highest BCUT2D eigenvalue weighted by atomic mass is 35.5. The number of halogens is 1. The lowest BCUT2D eigenvalue weighted by Crippen LogP contribution is -2.32. The number of likely N-dealkylation sites (N-methyl/N-ethyl adjacent to an activating group) is 1. The Hall–Kier alpha value is -2.20. The van der Waals surface area contributed by atoms with Gasteiger partial charge in [-0.25, -0.2) is 0 Å². The molecule has 0 heterocycles. The largest absolute Gasteiger partial charge is 0.339 e. The number of carbonyl (C=O) groups is 3. The van der Waals surface area contributed by atoms with Crippen molar-refractivity contribution in [2.75, 3.05) is 13.1 Å². The standard InChI is InChI=1S/C20H22ClNO3/c1-4-9-13(20(25)22(5-2)6-3)12-16-17(21)19(24)15-11-8-7-10-14(15)18(16)23/h7-8,10-12H,4-6,9H2,1-3H3/b13-12+. The first-order chi connectivity index (χ1) is 12.0. The maximum absolute atomic E-state index is 12.8. The lowest BCUT2D eigenvalue weighted by atomic mass is 9.88. The van der Waals surface area contributed by atoms with Crippen molar-refractivity contribution in [3.05, 3.63) is 57.6 Å². The third kappa shape index (κ3) is 3.74. The number of ketones is 2. The van der Waals surface area contributed by atoms with Crippen molar-refractivity contribution in [3.8, 4) is 0 Å². The molecule has 4 nitrogen and oxygen atoms in total. The van der Waals surface area contributed by atoms with Crippen molar-refractivity contribution in [3.63, 3.8) is 0 Å². The topological polar surface area (TPSA) is 54.5 Å². The van der Waals surface area contributed by atoms with Crippen LogP contribution in [-0.4, -0.2) is 35.5 Å². The van der Waals surface area contributed by atoms with Gasteiger partial charge >= 0.3 is 0 Å². The van der Waals surface area contributed by atoms with E-state index in [2.05, 4.69) is 0 Å². The molecule has 0 atom stereocenters. The molecule has 0 aliphatic heterocycles. The maximum atomic E-state index is 12.8. The number of amides is 1. The summed E-state index contributed by atoms with van der Waals surface area (Å²) < 4.78 is 0. The molecule has 0 aromatic heterocycles. The van der Waals surface area contributed by atoms with Crippen LogP contribution in [0.2, 0.25) is 0 Å². The van der Waals surface area contributed by atoms with Gasteiger partial charge in [-0.1, -0.05) is 49.2 Å². The molecule has 25 heavy (non-hydrogen) atoms. The Kier molecular flexibility index (Phi) is 6.32. The number of Topliss-reactive ketones (excluding diaryl/α,β-unsaturated/α-hetero) is 2. The molecule has 0 spiro atoms. The van der Waals surface area contributed by atoms with Gasteiger partial charge in [0.2, 0.25) is 11.7 Å². The van der Waals surface area contributed by atoms with E-state index in [4.69, 9.17) is 11.6 Å². The highest BCUT2D eigenvalue weighted by molar-refractivity contribution is 6.50. The van der Waals surface area contributed by atoms with E-state index in [1.54, 1.807) is 29.2 Å². The SMILES string of the molecule is CCC/C(=C\C1=C(Cl)C(=O)c2ccccc2C1=O)C(=O)N(CC)CC. The molecule has 0 saturated heterocycles. The Morgan fingerprint density at radius 2 is 1.60 bits per heavy atom. The number of allylic oxidation sites excluding steroid dienone is 3. The van der Waals surface area contributed by atoms with Gasteiger partial charge in [0.25, 0.3) is 0 Å². The Labute approximate surface area is 153 Å². The number of nitrogens with zero attached hydrogens (tertiary/aromatic N) is 1. The van der Waals surface area contributed by atoms with Gasteiger partial charge in [-0.15, -0.1) is 0 Å². The molecule has 2 rings (SSSR count). The van der Waals surface area contributed by atoms with E-state index in [0.717, 1.165) is 6.42 Å². The zero-order chi connectivity index (χ0) is 18.6. The van der Waals surface area contributed by atoms with Crippen molar-refractivity contribution in [1.29, 1.82) is 0 Å². The Bertz CT molecular complexity index is 773. The van der Waals surface area contributed by atoms with Crippen molar-refractivity contribution < 1.29 is 14.4 Å². The fourth-order valence-corrected chi connectivity index (χ4v) is 3.13. The summed E-state index contributed by atoms with van der Waals surface area (Å²) in [5.41, 5.74) is 1.24. The van der Waals surface area contributed by atoms with Gasteiger partial charge in [0.05, 0.1) is 5.03 Å². The van der Waals surface area contributed by atoms with Crippen LogP contribution in [0.1, 0.15) is 54.3 Å². The summed E-state index contributed by atoms with van der Waals surface area (Å²) >= 11 is 6.19. The van der Waals surface area contributed by atoms with E-state index in [1.165, 1.54) is 6.08 Å². The number of carbonyl (C=O) groups excluding carboxylic acids is 3. The molecular weight excluding hydrogens is 338 g/mol. The van der Waals surface area contributed by atoms with Gasteiger partial charge < -0.3 is 4.90 Å². The smallest absolute Gasteiger partial charge is 0.249 e. The highest BCUT2D eigenvalue weighted by Gasteiger charge is 2.30. The highest BCUT2D eigenvalue weighted by Crippen LogP contribution is 2.30. The van der Waals surface area contributed by atoms with Crippen LogP contribution in [0.4, 0.5) is 0 Å². The van der Waals surface area contributed by atoms with E-state index in [9.17, 15) is 14.4 Å². The Morgan fingerprint density at radius 1 is 1.04 bits per heavy atom. The summed E-state index contributed by atoms with van der Waals surface area (Å²) in [6, 6.07) is 6.60. The summed E-state index contributed by atoms with van der Waals surface area (Å²) in [7, 11) is 0. The van der Waals surface area contributed by atoms with Gasteiger partial charge in [-0.2, -0.15) is 0 Å². The lowest BCUT2D eigenvalue weighted by molar-refractivity contribution is -0.126. The van der Waals surface area contributed by atoms with Crippen LogP contribution >= 0.6 is 11.6 Å². The lowest BCUT2D eigenvalue weighted by Gasteiger charge is -2.21. The predicted octanol–water partition coefficient (Wildman–Crippen LogP) is 4.15. The molecule has 0 unspecified atom stereocenters. The second kappa shape index (κ2) is 8.26. The number of fused-ring (bicyclic) bond motifs is 1. The second-order valence-corrected chi connectivity index (χ2v) is 6.21. The number of benzene rings is 1. The summed E-state index contributed by atoms with van der Waals surface area (Å²) in [6.07, 6.45) is 2.78. The van der Waals surface area contributed by atoms with Gasteiger partial charge in [0.15, 0.2) is 5.78 Å². The molecule has 1 aromatic rings. The first-order valence-corrected chi connectivity index (χ1v) is 8.91. The van der Waals surface area contributed by atoms with Crippen molar-refractivity contribution in [2.45, 2.75) is 33.6 Å². The van der Waals surface area contributed by atoms with Crippen LogP contribution in [0.3, 0.4) is 0 Å². The summed E-state index contributed by atoms with van der Waals surface area (Å²) in [6.45, 7) is 6.94. The van der Waals surface area contributed by atoms with Crippen molar-refractivity contribution in [2.24, 2.45) is 0 Å². The minimum absolute atomic E-state index is 0.106. The van der Waals surface area contributed by atoms with Crippen LogP contribution in [0, 0.1) is 0 Å². The van der Waals surface area contributed by atoms with Crippen LogP contribution < -0.4 is 0 Å². The van der Waals surface area contributed by atoms with Gasteiger partial charge in [0, 0.05) is 35.4 Å². The number of hydrogen-bond donors (Lipinski definition) is 0. The zero-order valence-electron chi connectivity index (χ0n) is 14.8. The van der Waals surface area contributed by atoms with Crippen LogP contribution in [0.5, 0.6) is 0 Å². The van der Waals surface area contributed by atoms with Crippen LogP contribution in [0.25, 0.3) is 0 Å². The Balaban J connectivity index is 2.52. The molecule has 0 saturated carbocycles. The van der Waals surface area contributed by atoms with E-state index < -0.39 is 0 Å². The quantitative estimate of drug-likeness (QED) is 0.717. The monoisotopic (exact) mass is 359 g/mol. The molecule has 1 aromatic carbocycles. The second-order valence-electron chi connectivity index (χ2n) is 5.83. The van der Waals surface area contributed by atoms with Crippen molar-refractivity contribution in [1.82, 2.24) is 4.90 Å². The van der Waals surface area contributed by atoms with E-state index in [-0.39, 0.29) is 28.1 Å². The van der Waals surface area contributed by atoms with Gasteiger partial charge in [0.1, 0.15) is 0 Å². The number of hydrogen-bond acceptors (Lipinski definition) is 3. The zero-order valence-corrected chi connectivity index (χ0v) is 15.5. The predicted molar refractivity (Wildman–Crippen MR) is 98.9 cm³/mol. The normalized spacial score (nSPS) is 14.6. The maximum Gasteiger partial charge on any atom is 0.249 e. The molecule has 1 aliphatic carbocycles. The first kappa shape index (κ1) is 19.1. The minimum atomic E-state index is -0.380. The molecular formula is C20H22ClNO3. The summed E-state index contributed by atoms with van der Waals surface area (Å²) in [5.74, 6) is -0.821. The summed E-state index contributed by atoms with van der Waals surface area (Å²) in [5, 5.41) is -0.121. The van der Waals surface area contributed by atoms with Crippen LogP contribution in [0.15, 0.2) is 46.5 Å². The molecule has 0 bridgehead atoms. The molecule has 0 radical (unpaired) electrons.